The molecule has 0 radical (unpaired) electrons. The van der Waals surface area contributed by atoms with Gasteiger partial charge in [0.15, 0.2) is 0 Å². The molecule has 0 fully saturated rings. The number of hydrogen-bond acceptors (Lipinski definition) is 5. The van der Waals surface area contributed by atoms with Crippen molar-refractivity contribution in [3.05, 3.63) is 67.9 Å². The minimum Gasteiger partial charge on any atom is -0.463 e. The summed E-state index contributed by atoms with van der Waals surface area (Å²) in [6, 6.07) is 6.96. The zero-order valence-corrected chi connectivity index (χ0v) is 14.8. The Morgan fingerprint density at radius 1 is 1.32 bits per heavy atom. The van der Waals surface area contributed by atoms with Crippen molar-refractivity contribution < 1.29 is 14.3 Å². The van der Waals surface area contributed by atoms with Crippen LogP contribution in [0.2, 0.25) is 5.02 Å². The summed E-state index contributed by atoms with van der Waals surface area (Å²) in [5.41, 5.74) is 0.943. The summed E-state index contributed by atoms with van der Waals surface area (Å²) in [7, 11) is 0. The predicted octanol–water partition coefficient (Wildman–Crippen LogP) is 3.09. The summed E-state index contributed by atoms with van der Waals surface area (Å²) >= 11 is 5.97. The molecule has 1 N–H and O–H groups in total. The second-order valence-electron chi connectivity index (χ2n) is 5.65. The van der Waals surface area contributed by atoms with Crippen molar-refractivity contribution in [1.82, 2.24) is 9.97 Å². The average molecular weight is 361 g/mol. The number of allylic oxidation sites excluding steroid dienone is 1. The number of fused-ring (bicyclic) bond motifs is 1. The van der Waals surface area contributed by atoms with Crippen LogP contribution in [0.4, 0.5) is 0 Å². The van der Waals surface area contributed by atoms with Crippen LogP contribution in [-0.2, 0) is 9.53 Å². The van der Waals surface area contributed by atoms with E-state index in [9.17, 15) is 9.59 Å². The van der Waals surface area contributed by atoms with Gasteiger partial charge in [0.1, 0.15) is 11.6 Å². The first-order valence-corrected chi connectivity index (χ1v) is 8.22. The number of hydrogen-bond donors (Lipinski definition) is 1. The highest BCUT2D eigenvalue weighted by Gasteiger charge is 2.37. The number of ether oxygens (including phenoxy) is 2. The van der Waals surface area contributed by atoms with Crippen LogP contribution in [0.15, 0.2) is 40.4 Å². The number of nitrogens with zero attached hydrogens (tertiary/aromatic N) is 1. The lowest BCUT2D eigenvalue weighted by atomic mass is 9.83. The van der Waals surface area contributed by atoms with Crippen LogP contribution < -0.4 is 10.3 Å². The van der Waals surface area contributed by atoms with Gasteiger partial charge in [-0.25, -0.2) is 4.79 Å². The third-order valence-corrected chi connectivity index (χ3v) is 4.20. The van der Waals surface area contributed by atoms with Crippen LogP contribution in [0.5, 0.6) is 5.88 Å². The van der Waals surface area contributed by atoms with E-state index in [1.165, 1.54) is 0 Å². The van der Waals surface area contributed by atoms with E-state index in [4.69, 9.17) is 21.1 Å². The molecule has 3 rings (SSSR count). The van der Waals surface area contributed by atoms with E-state index in [-0.39, 0.29) is 29.2 Å². The van der Waals surface area contributed by atoms with Crippen molar-refractivity contribution in [1.29, 1.82) is 0 Å². The van der Waals surface area contributed by atoms with Gasteiger partial charge in [0.2, 0.25) is 5.88 Å². The molecule has 0 saturated heterocycles. The molecule has 2 aromatic rings. The molecule has 6 nitrogen and oxygen atoms in total. The third-order valence-electron chi connectivity index (χ3n) is 3.94. The third kappa shape index (κ3) is 3.17. The van der Waals surface area contributed by atoms with Crippen molar-refractivity contribution in [2.45, 2.75) is 26.7 Å². The maximum atomic E-state index is 12.6. The molecule has 7 heteroatoms. The smallest absolute Gasteiger partial charge is 0.338 e. The number of esters is 1. The molecule has 1 aliphatic rings. The SMILES string of the molecule is CCOC(=O)C1=C(C)Oc2nc(C)[nH]c(=O)c2[C@H]1c1ccc(Cl)cc1. The Hall–Kier alpha value is -2.60. The van der Waals surface area contributed by atoms with Crippen LogP contribution in [0.1, 0.15) is 36.7 Å². The topological polar surface area (TPSA) is 81.3 Å². The number of aromatic nitrogens is 2. The first-order chi connectivity index (χ1) is 11.9. The van der Waals surface area contributed by atoms with Crippen molar-refractivity contribution in [2.75, 3.05) is 6.61 Å². The molecule has 0 amide bonds. The molecule has 130 valence electrons. The van der Waals surface area contributed by atoms with Crippen LogP contribution in [0.3, 0.4) is 0 Å². The van der Waals surface area contributed by atoms with E-state index in [0.29, 0.717) is 16.6 Å². The van der Waals surface area contributed by atoms with Gasteiger partial charge in [-0.1, -0.05) is 23.7 Å². The number of aryl methyl sites for hydroxylation is 1. The van der Waals surface area contributed by atoms with Gasteiger partial charge in [-0.15, -0.1) is 0 Å². The summed E-state index contributed by atoms with van der Waals surface area (Å²) in [6.45, 7) is 5.28. The Bertz CT molecular complexity index is 916. The number of H-pyrrole nitrogens is 1. The fraction of sp³-hybridized carbons (Fsp3) is 0.278. The highest BCUT2D eigenvalue weighted by Crippen LogP contribution is 2.41. The molecule has 1 aliphatic heterocycles. The maximum Gasteiger partial charge on any atom is 0.338 e. The van der Waals surface area contributed by atoms with E-state index in [2.05, 4.69) is 9.97 Å². The minimum atomic E-state index is -0.642. The fourth-order valence-electron chi connectivity index (χ4n) is 2.91. The quantitative estimate of drug-likeness (QED) is 0.850. The highest BCUT2D eigenvalue weighted by atomic mass is 35.5. The maximum absolute atomic E-state index is 12.6. The molecule has 1 aromatic carbocycles. The number of aromatic amines is 1. The Labute approximate surface area is 149 Å². The number of nitrogens with one attached hydrogen (secondary N) is 1. The number of benzene rings is 1. The largest absolute Gasteiger partial charge is 0.463 e. The molecule has 0 saturated carbocycles. The van der Waals surface area contributed by atoms with Crippen LogP contribution in [-0.4, -0.2) is 22.5 Å². The van der Waals surface area contributed by atoms with Crippen LogP contribution in [0, 0.1) is 6.92 Å². The summed E-state index contributed by atoms with van der Waals surface area (Å²) in [5.74, 6) is -0.163. The number of carbonyl (C=O) groups is 1. The first-order valence-electron chi connectivity index (χ1n) is 7.84. The van der Waals surface area contributed by atoms with Gasteiger partial charge in [-0.3, -0.25) is 4.79 Å². The number of halogens is 1. The summed E-state index contributed by atoms with van der Waals surface area (Å²) in [4.78, 5) is 32.1. The molecule has 0 aliphatic carbocycles. The monoisotopic (exact) mass is 360 g/mol. The van der Waals surface area contributed by atoms with E-state index < -0.39 is 11.9 Å². The fourth-order valence-corrected chi connectivity index (χ4v) is 3.03. The second-order valence-corrected chi connectivity index (χ2v) is 6.08. The molecule has 1 atom stereocenters. The lowest BCUT2D eigenvalue weighted by Crippen LogP contribution is -2.30. The Kier molecular flexibility index (Phi) is 4.63. The van der Waals surface area contributed by atoms with Gasteiger partial charge in [0, 0.05) is 5.02 Å². The molecule has 25 heavy (non-hydrogen) atoms. The van der Waals surface area contributed by atoms with Crippen molar-refractivity contribution in [3.63, 3.8) is 0 Å². The van der Waals surface area contributed by atoms with Crippen LogP contribution in [0.25, 0.3) is 0 Å². The summed E-state index contributed by atoms with van der Waals surface area (Å²) in [6.07, 6.45) is 0. The zero-order chi connectivity index (χ0) is 18.1. The van der Waals surface area contributed by atoms with Gasteiger partial charge in [0.25, 0.3) is 5.56 Å². The first kappa shape index (κ1) is 17.2. The number of carbonyl (C=O) groups excluding carboxylic acids is 1. The molecule has 0 spiro atoms. The zero-order valence-electron chi connectivity index (χ0n) is 14.1. The highest BCUT2D eigenvalue weighted by molar-refractivity contribution is 6.30. The van der Waals surface area contributed by atoms with E-state index in [1.807, 2.05) is 0 Å². The molecular weight excluding hydrogens is 344 g/mol. The van der Waals surface area contributed by atoms with Crippen molar-refractivity contribution in [2.24, 2.45) is 0 Å². The van der Waals surface area contributed by atoms with E-state index in [0.717, 1.165) is 5.56 Å². The van der Waals surface area contributed by atoms with E-state index in [1.54, 1.807) is 45.0 Å². The average Bonchev–Trinajstić information content (AvgIpc) is 2.54. The molecule has 0 bridgehead atoms. The van der Waals surface area contributed by atoms with Gasteiger partial charge < -0.3 is 14.5 Å². The molecule has 0 unspecified atom stereocenters. The van der Waals surface area contributed by atoms with Crippen molar-refractivity contribution in [3.8, 4) is 5.88 Å². The Morgan fingerprint density at radius 2 is 2.00 bits per heavy atom. The summed E-state index contributed by atoms with van der Waals surface area (Å²) in [5, 5.41) is 0.561. The molecule has 1 aromatic heterocycles. The van der Waals surface area contributed by atoms with Gasteiger partial charge in [-0.2, -0.15) is 4.98 Å². The Morgan fingerprint density at radius 3 is 2.64 bits per heavy atom. The lowest BCUT2D eigenvalue weighted by molar-refractivity contribution is -0.139. The standard InChI is InChI=1S/C18H17ClN2O4/c1-4-24-18(23)13-9(2)25-17-15(16(22)20-10(3)21-17)14(13)11-5-7-12(19)8-6-11/h5-8,14H,4H2,1-3H3,(H,20,21,22)/t14-/m0/s1. The molecule has 2 heterocycles. The van der Waals surface area contributed by atoms with Gasteiger partial charge >= 0.3 is 5.97 Å². The summed E-state index contributed by atoms with van der Waals surface area (Å²) < 4.78 is 10.8. The van der Waals surface area contributed by atoms with Crippen LogP contribution >= 0.6 is 11.6 Å². The minimum absolute atomic E-state index is 0.201. The number of rotatable bonds is 3. The second kappa shape index (κ2) is 6.72. The Balaban J connectivity index is 2.26. The predicted molar refractivity (Wildman–Crippen MR) is 92.9 cm³/mol. The van der Waals surface area contributed by atoms with E-state index >= 15 is 0 Å². The van der Waals surface area contributed by atoms with Crippen molar-refractivity contribution >= 4 is 17.6 Å². The van der Waals surface area contributed by atoms with Gasteiger partial charge in [0.05, 0.1) is 23.7 Å². The lowest BCUT2D eigenvalue weighted by Gasteiger charge is -2.27. The van der Waals surface area contributed by atoms with Gasteiger partial charge in [-0.05, 0) is 38.5 Å². The normalized spacial score (nSPS) is 16.2. The molecular formula is C18H17ClN2O4.